The molecule has 3 aliphatic heterocycles. The smallest absolute Gasteiger partial charge is 0.461 e. The summed E-state index contributed by atoms with van der Waals surface area (Å²) in [5.41, 5.74) is -1.48. The molecule has 0 radical (unpaired) electrons. The molecule has 0 aromatic heterocycles. The first-order valence-electron chi connectivity index (χ1n) is 30.4. The minimum absolute atomic E-state index is 0.0426. The topological polar surface area (TPSA) is 217 Å². The Morgan fingerprint density at radius 2 is 1.40 bits per heavy atom. The molecule has 3 heterocycles. The highest BCUT2D eigenvalue weighted by Gasteiger charge is 2.52. The minimum Gasteiger partial charge on any atom is -0.461 e. The Labute approximate surface area is 544 Å². The van der Waals surface area contributed by atoms with Gasteiger partial charge in [0.2, 0.25) is 12.4 Å². The molecule has 0 saturated carbocycles. The molecule has 5 aromatic carbocycles. The van der Waals surface area contributed by atoms with Gasteiger partial charge in [0.15, 0.2) is 12.2 Å². The van der Waals surface area contributed by atoms with Crippen molar-refractivity contribution in [3.05, 3.63) is 149 Å². The maximum atomic E-state index is 15.3. The molecule has 1 N–H and O–H groups in total. The second kappa shape index (κ2) is 30.1. The molecule has 0 spiro atoms. The van der Waals surface area contributed by atoms with Gasteiger partial charge in [0, 0.05) is 106 Å². The molecular formula is C66H77ClF3N5O14S3. The number of amides is 1. The monoisotopic (exact) mass is 1350 g/mol. The third-order valence-corrected chi connectivity index (χ3v) is 21.3. The number of esters is 3. The number of nitrogens with zero attached hydrogens (tertiary/aromatic N) is 4. The molecular weight excluding hydrogens is 1280 g/mol. The van der Waals surface area contributed by atoms with Crippen molar-refractivity contribution in [2.75, 3.05) is 81.5 Å². The van der Waals surface area contributed by atoms with Gasteiger partial charge < -0.3 is 38.6 Å². The fraction of sp³-hybridized carbons (Fsp3) is 0.455. The maximum absolute atomic E-state index is 15.3. The van der Waals surface area contributed by atoms with E-state index >= 15 is 13.2 Å². The molecule has 496 valence electrons. The Bertz CT molecular complexity index is 3670. The van der Waals surface area contributed by atoms with Crippen molar-refractivity contribution >= 4 is 84.0 Å². The lowest BCUT2D eigenvalue weighted by Gasteiger charge is -2.43. The molecule has 3 saturated heterocycles. The van der Waals surface area contributed by atoms with E-state index in [-0.39, 0.29) is 28.0 Å². The summed E-state index contributed by atoms with van der Waals surface area (Å²) in [6, 6.07) is 30.9. The number of morpholine rings is 1. The zero-order valence-electron chi connectivity index (χ0n) is 52.1. The predicted octanol–water partition coefficient (Wildman–Crippen LogP) is 10.7. The number of allylic oxidation sites excluding steroid dienone is 1. The summed E-state index contributed by atoms with van der Waals surface area (Å²) in [6.07, 6.45) is -3.16. The van der Waals surface area contributed by atoms with Crippen LogP contribution in [0.2, 0.25) is 5.02 Å². The van der Waals surface area contributed by atoms with E-state index in [4.69, 9.17) is 40.0 Å². The number of benzene rings is 5. The van der Waals surface area contributed by atoms with Gasteiger partial charge >= 0.3 is 23.4 Å². The Hall–Kier alpha value is -6.71. The third-order valence-electron chi connectivity index (χ3n) is 16.6. The van der Waals surface area contributed by atoms with Gasteiger partial charge in [0.25, 0.3) is 25.8 Å². The highest BCUT2D eigenvalue weighted by Crippen LogP contribution is 2.44. The van der Waals surface area contributed by atoms with Gasteiger partial charge in [-0.25, -0.2) is 21.1 Å². The molecule has 9 rings (SSSR count). The summed E-state index contributed by atoms with van der Waals surface area (Å²) in [6.45, 7) is 15.0. The summed E-state index contributed by atoms with van der Waals surface area (Å²) >= 11 is 7.66. The lowest BCUT2D eigenvalue weighted by molar-refractivity contribution is -0.280. The van der Waals surface area contributed by atoms with Gasteiger partial charge in [-0.05, 0) is 134 Å². The van der Waals surface area contributed by atoms with E-state index in [1.165, 1.54) is 71.8 Å². The van der Waals surface area contributed by atoms with Gasteiger partial charge in [-0.3, -0.25) is 29.0 Å². The quantitative estimate of drug-likeness (QED) is 0.0365. The lowest BCUT2D eigenvalue weighted by Crippen LogP contribution is -2.62. The number of alkyl halides is 3. The van der Waals surface area contributed by atoms with Crippen LogP contribution in [0.25, 0.3) is 5.57 Å². The third kappa shape index (κ3) is 17.7. The number of piperazine rings is 1. The van der Waals surface area contributed by atoms with Gasteiger partial charge in [0.1, 0.15) is 10.6 Å². The van der Waals surface area contributed by atoms with Crippen LogP contribution < -0.4 is 15.0 Å². The van der Waals surface area contributed by atoms with Crippen molar-refractivity contribution in [1.29, 1.82) is 0 Å². The van der Waals surface area contributed by atoms with Crippen LogP contribution in [0.4, 0.5) is 24.5 Å². The van der Waals surface area contributed by atoms with Gasteiger partial charge in [-0.2, -0.15) is 13.2 Å². The predicted molar refractivity (Wildman–Crippen MR) is 342 cm³/mol. The van der Waals surface area contributed by atoms with Crippen molar-refractivity contribution in [3.8, 4) is 5.75 Å². The van der Waals surface area contributed by atoms with Crippen LogP contribution in [0, 0.1) is 5.41 Å². The number of sulfonamides is 1. The first-order chi connectivity index (χ1) is 43.6. The highest BCUT2D eigenvalue weighted by molar-refractivity contribution is 7.99. The Morgan fingerprint density at radius 3 is 2.03 bits per heavy atom. The van der Waals surface area contributed by atoms with Crippen molar-refractivity contribution in [2.45, 2.75) is 131 Å². The molecule has 19 nitrogen and oxygen atoms in total. The minimum atomic E-state index is -6.27. The van der Waals surface area contributed by atoms with Crippen molar-refractivity contribution < 1.29 is 77.6 Å². The number of carbonyl (C=O) groups excluding carboxylic acids is 4. The van der Waals surface area contributed by atoms with Gasteiger partial charge in [-0.1, -0.05) is 73.5 Å². The number of anilines is 2. The molecule has 3 fully saturated rings. The highest BCUT2D eigenvalue weighted by atomic mass is 35.5. The van der Waals surface area contributed by atoms with Crippen LogP contribution in [-0.4, -0.2) is 168 Å². The number of rotatable bonds is 23. The molecule has 26 heteroatoms. The van der Waals surface area contributed by atoms with Gasteiger partial charge in [0.05, 0.1) is 36.4 Å². The average Bonchev–Trinajstić information content (AvgIpc) is 0.767. The summed E-state index contributed by atoms with van der Waals surface area (Å²) < 4.78 is 137. The van der Waals surface area contributed by atoms with Gasteiger partial charge in [-0.15, -0.1) is 11.8 Å². The fourth-order valence-electron chi connectivity index (χ4n) is 11.8. The standard InChI is InChI=1S/C66H77ClF3N5O14S3/c1-43-60(86-44(2)76)61(87-45(3)77)62(88-46(4)78)64(85-43)89-54-22-12-47(13-23-54)40-75(63(79)49-16-20-53(21-17-49)74-32-30-73(31-33-74)41-50-39-65(5,6)28-26-57(50)48-14-18-51(67)19-15-48)92(82,83)56-24-25-58(59(38-56)91(80,81)66(68,69)70)71-52(27-29-72-34-36-84-37-35-72)42-90-55-10-8-7-9-11-55/h7-25,38,43,52,60-62,64,71H,26-37,39-42H2,1-6H3. The zero-order valence-corrected chi connectivity index (χ0v) is 55.3. The lowest BCUT2D eigenvalue weighted by atomic mass is 9.73. The number of ether oxygens (including phenoxy) is 6. The number of hydrogen-bond acceptors (Lipinski definition) is 19. The number of thioether (sulfide) groups is 1. The first-order valence-corrected chi connectivity index (χ1v) is 34.7. The summed E-state index contributed by atoms with van der Waals surface area (Å²) in [7, 11) is -11.5. The van der Waals surface area contributed by atoms with Crippen LogP contribution >= 0.6 is 23.4 Å². The molecule has 4 aliphatic rings. The normalized spacial score (nSPS) is 21.2. The Morgan fingerprint density at radius 1 is 0.772 bits per heavy atom. The molecule has 5 aromatic rings. The van der Waals surface area contributed by atoms with E-state index in [1.807, 2.05) is 42.5 Å². The zero-order chi connectivity index (χ0) is 66.1. The number of sulfone groups is 1. The van der Waals surface area contributed by atoms with Crippen molar-refractivity contribution in [2.24, 2.45) is 5.41 Å². The van der Waals surface area contributed by atoms with E-state index in [1.54, 1.807) is 12.1 Å². The van der Waals surface area contributed by atoms with Crippen molar-refractivity contribution in [3.63, 3.8) is 0 Å². The van der Waals surface area contributed by atoms with Crippen LogP contribution in [0.5, 0.6) is 5.75 Å². The Balaban J connectivity index is 1.01. The van der Waals surface area contributed by atoms with Crippen LogP contribution in [0.1, 0.15) is 88.7 Å². The van der Waals surface area contributed by atoms with Crippen LogP contribution in [0.15, 0.2) is 142 Å². The summed E-state index contributed by atoms with van der Waals surface area (Å²) in [5.74, 6) is -3.10. The molecule has 6 unspecified atom stereocenters. The fourth-order valence-corrected chi connectivity index (χ4v) is 15.4. The molecule has 1 aliphatic carbocycles. The van der Waals surface area contributed by atoms with E-state index in [9.17, 15) is 36.0 Å². The molecule has 6 atom stereocenters. The van der Waals surface area contributed by atoms with E-state index in [2.05, 4.69) is 46.0 Å². The van der Waals surface area contributed by atoms with E-state index in [0.717, 1.165) is 82.4 Å². The Kier molecular flexibility index (Phi) is 22.8. The molecule has 92 heavy (non-hydrogen) atoms. The summed E-state index contributed by atoms with van der Waals surface area (Å²) in [4.78, 5) is 57.2. The average molecular weight is 1350 g/mol. The second-order valence-corrected chi connectivity index (χ2v) is 29.4. The van der Waals surface area contributed by atoms with Crippen LogP contribution in [0.3, 0.4) is 0 Å². The SMILES string of the molecule is CC(=O)OC1C(C)OC(Oc2ccc(CN(C(=O)c3ccc(N4CCN(CC5=C(c6ccc(Cl)cc6)CCC(C)(C)C5)CC4)cc3)S(=O)(=O)c3ccc(NC(CCN4CCOCC4)CSc4ccccc4)c(S(=O)(=O)C(F)(F)F)c3)cc2)C(OC(C)=O)C1OC(C)=O. The first kappa shape index (κ1) is 69.6. The summed E-state index contributed by atoms with van der Waals surface area (Å²) in [5, 5.41) is 3.71. The second-order valence-electron chi connectivity index (χ2n) is 24.1. The van der Waals surface area contributed by atoms with Crippen molar-refractivity contribution in [1.82, 2.24) is 14.1 Å². The number of carbonyl (C=O) groups is 4. The molecule has 1 amide bonds. The number of halogens is 4. The number of nitrogens with one attached hydrogen (secondary N) is 1. The number of hydrogen-bond donors (Lipinski definition) is 1. The maximum Gasteiger partial charge on any atom is 0.501 e. The molecule has 0 bridgehead atoms. The van der Waals surface area contributed by atoms with E-state index in [0.29, 0.717) is 67.8 Å². The van der Waals surface area contributed by atoms with Crippen LogP contribution in [-0.2, 0) is 64.5 Å². The van der Waals surface area contributed by atoms with E-state index < -0.39 is 108 Å². The largest absolute Gasteiger partial charge is 0.501 e.